The molecule has 2 fully saturated rings. The fourth-order valence-electron chi connectivity index (χ4n) is 8.59. The third-order valence-corrected chi connectivity index (χ3v) is 13.9. The zero-order valence-corrected chi connectivity index (χ0v) is 38.3. The molecule has 2 unspecified atom stereocenters. The SMILES string of the molecule is CCOC(=O)/C=C/C1=Cc2cc(Cl)ccc2C(C2CCN(SOOC)CC2)c2ncccc21.COOSN1CCC(C2c3ccc(Cl)cc3C=C(Br)c3cccnc32)CC1. The van der Waals surface area contributed by atoms with Gasteiger partial charge >= 0.3 is 5.97 Å². The Kier molecular flexibility index (Phi) is 16.4. The smallest absolute Gasteiger partial charge is 0.330 e. The van der Waals surface area contributed by atoms with Crippen molar-refractivity contribution < 1.29 is 28.0 Å². The summed E-state index contributed by atoms with van der Waals surface area (Å²) in [6, 6.07) is 20.4. The highest BCUT2D eigenvalue weighted by Gasteiger charge is 2.36. The molecule has 8 rings (SSSR count). The fourth-order valence-corrected chi connectivity index (χ4v) is 10.5. The molecule has 0 saturated carbocycles. The Morgan fingerprint density at radius 1 is 0.767 bits per heavy atom. The highest BCUT2D eigenvalue weighted by Crippen LogP contribution is 2.47. The molecule has 2 aromatic carbocycles. The van der Waals surface area contributed by atoms with Gasteiger partial charge in [0.25, 0.3) is 0 Å². The molecule has 4 aromatic rings. The zero-order valence-electron chi connectivity index (χ0n) is 33.6. The predicted molar refractivity (Wildman–Crippen MR) is 245 cm³/mol. The minimum absolute atomic E-state index is 0.119. The second kappa shape index (κ2) is 21.8. The Morgan fingerprint density at radius 2 is 1.27 bits per heavy atom. The molecule has 15 heteroatoms. The molecule has 2 saturated heterocycles. The van der Waals surface area contributed by atoms with Crippen LogP contribution in [0, 0.1) is 11.8 Å². The molecule has 2 aliphatic heterocycles. The Morgan fingerprint density at radius 3 is 1.78 bits per heavy atom. The number of nitrogens with zero attached hydrogens (tertiary/aromatic N) is 4. The fraction of sp³-hybridized carbons (Fsp3) is 0.356. The van der Waals surface area contributed by atoms with E-state index in [0.717, 1.165) is 101 Å². The van der Waals surface area contributed by atoms with Crippen LogP contribution in [0.25, 0.3) is 22.2 Å². The lowest BCUT2D eigenvalue weighted by atomic mass is 9.76. The molecule has 2 atom stereocenters. The number of rotatable bonds is 11. The van der Waals surface area contributed by atoms with Crippen LogP contribution in [-0.4, -0.2) is 71.6 Å². The number of pyridine rings is 2. The minimum Gasteiger partial charge on any atom is -0.463 e. The maximum atomic E-state index is 12.0. The maximum absolute atomic E-state index is 12.0. The summed E-state index contributed by atoms with van der Waals surface area (Å²) in [6.07, 6.45) is 15.4. The number of carbonyl (C=O) groups excluding carboxylic acids is 1. The van der Waals surface area contributed by atoms with Crippen molar-refractivity contribution in [3.63, 3.8) is 0 Å². The van der Waals surface area contributed by atoms with Gasteiger partial charge in [0.1, 0.15) is 24.5 Å². The Balaban J connectivity index is 0.000000185. The second-order valence-corrected chi connectivity index (χ2v) is 18.0. The van der Waals surface area contributed by atoms with Crippen LogP contribution in [0.4, 0.5) is 0 Å². The summed E-state index contributed by atoms with van der Waals surface area (Å²) >= 11 is 19.0. The molecule has 60 heavy (non-hydrogen) atoms. The second-order valence-electron chi connectivity index (χ2n) is 14.7. The predicted octanol–water partition coefficient (Wildman–Crippen LogP) is 11.6. The van der Waals surface area contributed by atoms with E-state index < -0.39 is 0 Å². The lowest BCUT2D eigenvalue weighted by Gasteiger charge is -2.35. The van der Waals surface area contributed by atoms with Crippen LogP contribution < -0.4 is 0 Å². The number of hydrogen-bond donors (Lipinski definition) is 0. The first kappa shape index (κ1) is 45.0. The number of benzene rings is 2. The van der Waals surface area contributed by atoms with Gasteiger partial charge in [0, 0.05) is 82.1 Å². The number of esters is 1. The largest absolute Gasteiger partial charge is 0.463 e. The molecule has 4 heterocycles. The monoisotopic (exact) mass is 952 g/mol. The summed E-state index contributed by atoms with van der Waals surface area (Å²) in [5.41, 5.74) is 9.98. The van der Waals surface area contributed by atoms with Gasteiger partial charge < -0.3 is 4.74 Å². The van der Waals surface area contributed by atoms with Gasteiger partial charge in [-0.05, 0) is 127 Å². The molecule has 10 nitrogen and oxygen atoms in total. The number of halogens is 3. The van der Waals surface area contributed by atoms with Gasteiger partial charge in [0.15, 0.2) is 0 Å². The summed E-state index contributed by atoms with van der Waals surface area (Å²) in [5, 5.41) is 1.44. The Bertz CT molecular complexity index is 2210. The van der Waals surface area contributed by atoms with Crippen LogP contribution in [0.15, 0.2) is 85.2 Å². The van der Waals surface area contributed by atoms with Crippen LogP contribution in [0.2, 0.25) is 10.0 Å². The average Bonchev–Trinajstić information content (AvgIpc) is 3.48. The normalized spacial score (nSPS) is 19.7. The minimum atomic E-state index is -0.362. The first-order chi connectivity index (χ1) is 29.3. The summed E-state index contributed by atoms with van der Waals surface area (Å²) in [4.78, 5) is 31.1. The number of allylic oxidation sites excluding steroid dienone is 2. The van der Waals surface area contributed by atoms with E-state index in [9.17, 15) is 4.79 Å². The van der Waals surface area contributed by atoms with Crippen LogP contribution in [0.5, 0.6) is 0 Å². The molecule has 0 N–H and O–H groups in total. The van der Waals surface area contributed by atoms with E-state index in [1.165, 1.54) is 55.9 Å². The molecule has 0 spiro atoms. The molecule has 0 bridgehead atoms. The third kappa shape index (κ3) is 10.9. The number of carbonyl (C=O) groups is 1. The standard InChI is InChI=1S/C25H27ClN2O4S.C20H20BrClN2O2S/c1-3-31-23(29)9-6-18-15-19-16-20(26)7-8-21(19)24(25-22(18)5-4-12-27-25)17-10-13-28(14-11-17)33-32-30-2;1-25-26-27-24-9-6-13(7-10-24)19-16-5-4-15(22)11-14(16)12-18(21)17-3-2-8-23-20(17)19/h4-9,12,15-17,24H,3,10-11,13-14H2,1-2H3;2-5,8,11-13,19H,6-7,9-10H2,1H3/b9-6+;. The highest BCUT2D eigenvalue weighted by atomic mass is 79.9. The van der Waals surface area contributed by atoms with Crippen molar-refractivity contribution in [3.05, 3.63) is 140 Å². The number of fused-ring (bicyclic) bond motifs is 4. The van der Waals surface area contributed by atoms with Crippen LogP contribution in [0.1, 0.15) is 89.2 Å². The van der Waals surface area contributed by atoms with Crippen molar-refractivity contribution in [1.29, 1.82) is 0 Å². The van der Waals surface area contributed by atoms with Gasteiger partial charge in [0.2, 0.25) is 0 Å². The van der Waals surface area contributed by atoms with E-state index in [4.69, 9.17) is 56.3 Å². The van der Waals surface area contributed by atoms with Gasteiger partial charge in [-0.3, -0.25) is 9.97 Å². The summed E-state index contributed by atoms with van der Waals surface area (Å²) < 4.78 is 20.6. The van der Waals surface area contributed by atoms with E-state index in [-0.39, 0.29) is 17.8 Å². The Hall–Kier alpha value is -3.05. The Labute approximate surface area is 379 Å². The topological polar surface area (TPSA) is 95.5 Å². The molecule has 4 aliphatic rings. The first-order valence-electron chi connectivity index (χ1n) is 20.0. The summed E-state index contributed by atoms with van der Waals surface area (Å²) in [5.74, 6) is 0.910. The molecule has 0 radical (unpaired) electrons. The number of aromatic nitrogens is 2. The summed E-state index contributed by atoms with van der Waals surface area (Å²) in [7, 11) is 3.04. The van der Waals surface area contributed by atoms with Crippen LogP contribution >= 0.6 is 63.6 Å². The quantitative estimate of drug-likeness (QED) is 0.0358. The maximum Gasteiger partial charge on any atom is 0.330 e. The van der Waals surface area contributed by atoms with E-state index >= 15 is 0 Å². The van der Waals surface area contributed by atoms with Crippen molar-refractivity contribution in [2.45, 2.75) is 44.4 Å². The zero-order chi connectivity index (χ0) is 42.0. The average molecular weight is 955 g/mol. The van der Waals surface area contributed by atoms with E-state index in [2.05, 4.69) is 67.0 Å². The number of ether oxygens (including phenoxy) is 1. The number of piperidine rings is 2. The van der Waals surface area contributed by atoms with Crippen molar-refractivity contribution in [2.24, 2.45) is 11.8 Å². The van der Waals surface area contributed by atoms with E-state index in [0.29, 0.717) is 23.5 Å². The number of hydrogen-bond acceptors (Lipinski definition) is 12. The van der Waals surface area contributed by atoms with Crippen molar-refractivity contribution in [1.82, 2.24) is 18.6 Å². The lowest BCUT2D eigenvalue weighted by molar-refractivity contribution is -0.164. The molecule has 2 aromatic heterocycles. The highest BCUT2D eigenvalue weighted by molar-refractivity contribution is 9.15. The van der Waals surface area contributed by atoms with E-state index in [1.54, 1.807) is 6.92 Å². The van der Waals surface area contributed by atoms with Gasteiger partial charge in [0.05, 0.1) is 32.2 Å². The van der Waals surface area contributed by atoms with Gasteiger partial charge in [-0.15, -0.1) is 8.67 Å². The van der Waals surface area contributed by atoms with Gasteiger partial charge in [-0.25, -0.2) is 23.2 Å². The molecule has 2 aliphatic carbocycles. The summed E-state index contributed by atoms with van der Waals surface area (Å²) in [6.45, 7) is 5.83. The van der Waals surface area contributed by atoms with Crippen molar-refractivity contribution >= 4 is 91.8 Å². The molecule has 0 amide bonds. The van der Waals surface area contributed by atoms with Crippen LogP contribution in [-0.2, 0) is 28.0 Å². The van der Waals surface area contributed by atoms with Crippen molar-refractivity contribution in [3.8, 4) is 0 Å². The molecular formula is C45H47BrCl2N4O6S2. The van der Waals surface area contributed by atoms with E-state index in [1.807, 2.05) is 48.8 Å². The van der Waals surface area contributed by atoms with Gasteiger partial charge in [-0.2, -0.15) is 0 Å². The molecule has 316 valence electrons. The van der Waals surface area contributed by atoms with Gasteiger partial charge in [-0.1, -0.05) is 63.4 Å². The lowest BCUT2D eigenvalue weighted by Crippen LogP contribution is -2.32. The van der Waals surface area contributed by atoms with Crippen LogP contribution in [0.3, 0.4) is 0 Å². The first-order valence-corrected chi connectivity index (χ1v) is 22.9. The molecular weight excluding hydrogens is 907 g/mol. The third-order valence-electron chi connectivity index (χ3n) is 11.2. The van der Waals surface area contributed by atoms with Crippen molar-refractivity contribution in [2.75, 3.05) is 47.0 Å².